The first-order valence-electron chi connectivity index (χ1n) is 7.79. The molecule has 7 nitrogen and oxygen atoms in total. The first kappa shape index (κ1) is 17.7. The number of carbonyl (C=O) groups is 2. The van der Waals surface area contributed by atoms with Crippen LogP contribution in [0.5, 0.6) is 0 Å². The molecule has 0 aliphatic heterocycles. The van der Waals surface area contributed by atoms with E-state index < -0.39 is 17.9 Å². The van der Waals surface area contributed by atoms with Gasteiger partial charge in [-0.2, -0.15) is 0 Å². The predicted octanol–water partition coefficient (Wildman–Crippen LogP) is 1.10. The lowest BCUT2D eigenvalue weighted by atomic mass is 9.99. The van der Waals surface area contributed by atoms with Gasteiger partial charge in [0, 0.05) is 0 Å². The number of ether oxygens (including phenoxy) is 1. The van der Waals surface area contributed by atoms with Crippen molar-refractivity contribution < 1.29 is 14.3 Å². The number of carbonyl (C=O) groups excluding carboxylic acids is 2. The summed E-state index contributed by atoms with van der Waals surface area (Å²) >= 11 is 0. The second-order valence-electron chi connectivity index (χ2n) is 5.63. The van der Waals surface area contributed by atoms with Gasteiger partial charge in [-0.05, 0) is 18.1 Å². The second kappa shape index (κ2) is 7.72. The lowest BCUT2D eigenvalue weighted by molar-refractivity contribution is -0.146. The number of benzene rings is 1. The molecule has 0 saturated carbocycles. The van der Waals surface area contributed by atoms with Crippen molar-refractivity contribution in [1.82, 2.24) is 14.9 Å². The van der Waals surface area contributed by atoms with Gasteiger partial charge in [0.25, 0.3) is 5.56 Å². The highest BCUT2D eigenvalue weighted by Gasteiger charge is 2.26. The highest BCUT2D eigenvalue weighted by Crippen LogP contribution is 2.10. The van der Waals surface area contributed by atoms with Crippen LogP contribution in [-0.2, 0) is 20.9 Å². The largest absolute Gasteiger partial charge is 0.467 e. The van der Waals surface area contributed by atoms with Gasteiger partial charge in [0.15, 0.2) is 0 Å². The number of nitrogens with one attached hydrogen (secondary N) is 1. The van der Waals surface area contributed by atoms with Crippen LogP contribution in [0.2, 0.25) is 0 Å². The molecule has 0 bridgehead atoms. The molecule has 1 heterocycles. The fourth-order valence-electron chi connectivity index (χ4n) is 2.44. The second-order valence-corrected chi connectivity index (χ2v) is 5.63. The standard InChI is InChI=1S/C17H21N3O4/c1-4-11(2)16(17(23)24-3)19-14(21)10-20-13-8-6-5-7-12(13)18-9-15(20)22/h5-9,11,16H,4,10H2,1-3H3,(H,19,21)/t11-,16+/m1/s1. The maximum absolute atomic E-state index is 12.4. The summed E-state index contributed by atoms with van der Waals surface area (Å²) in [6.07, 6.45) is 1.89. The summed E-state index contributed by atoms with van der Waals surface area (Å²) in [5, 5.41) is 2.67. The number of rotatable bonds is 6. The predicted molar refractivity (Wildman–Crippen MR) is 89.4 cm³/mol. The monoisotopic (exact) mass is 331 g/mol. The van der Waals surface area contributed by atoms with E-state index >= 15 is 0 Å². The zero-order chi connectivity index (χ0) is 17.7. The Balaban J connectivity index is 2.25. The van der Waals surface area contributed by atoms with Gasteiger partial charge in [-0.3, -0.25) is 14.2 Å². The van der Waals surface area contributed by atoms with Crippen molar-refractivity contribution in [2.75, 3.05) is 7.11 Å². The minimum Gasteiger partial charge on any atom is -0.467 e. The van der Waals surface area contributed by atoms with Crippen LogP contribution in [-0.4, -0.2) is 34.6 Å². The van der Waals surface area contributed by atoms with Gasteiger partial charge in [-0.25, -0.2) is 9.78 Å². The first-order valence-corrected chi connectivity index (χ1v) is 7.79. The number of hydrogen-bond donors (Lipinski definition) is 1. The molecule has 2 aromatic rings. The molecule has 0 fully saturated rings. The molecule has 1 aromatic carbocycles. The quantitative estimate of drug-likeness (QED) is 0.801. The van der Waals surface area contributed by atoms with E-state index in [9.17, 15) is 14.4 Å². The maximum atomic E-state index is 12.4. The Bertz CT molecular complexity index is 800. The highest BCUT2D eigenvalue weighted by atomic mass is 16.5. The lowest BCUT2D eigenvalue weighted by Gasteiger charge is -2.22. The topological polar surface area (TPSA) is 90.3 Å². The molecule has 1 N–H and O–H groups in total. The molecule has 0 spiro atoms. The van der Waals surface area contributed by atoms with Gasteiger partial charge in [0.1, 0.15) is 12.6 Å². The molecule has 1 aromatic heterocycles. The molecule has 7 heteroatoms. The van der Waals surface area contributed by atoms with Gasteiger partial charge in [0.05, 0.1) is 24.3 Å². The van der Waals surface area contributed by atoms with Crippen LogP contribution in [0.15, 0.2) is 35.3 Å². The van der Waals surface area contributed by atoms with E-state index in [1.807, 2.05) is 13.8 Å². The third-order valence-corrected chi connectivity index (χ3v) is 4.04. The molecule has 0 aliphatic rings. The highest BCUT2D eigenvalue weighted by molar-refractivity contribution is 5.85. The molecule has 2 rings (SSSR count). The van der Waals surface area contributed by atoms with Crippen LogP contribution in [0.25, 0.3) is 11.0 Å². The van der Waals surface area contributed by atoms with Crippen LogP contribution in [0.4, 0.5) is 0 Å². The van der Waals surface area contributed by atoms with Crippen molar-refractivity contribution in [1.29, 1.82) is 0 Å². The van der Waals surface area contributed by atoms with Crippen LogP contribution in [0.1, 0.15) is 20.3 Å². The minimum absolute atomic E-state index is 0.0766. The fraction of sp³-hybridized carbons (Fsp3) is 0.412. The van der Waals surface area contributed by atoms with Crippen molar-refractivity contribution in [2.45, 2.75) is 32.9 Å². The van der Waals surface area contributed by atoms with E-state index in [1.165, 1.54) is 17.9 Å². The normalized spacial score (nSPS) is 13.3. The molecule has 2 atom stereocenters. The van der Waals surface area contributed by atoms with E-state index in [2.05, 4.69) is 10.3 Å². The van der Waals surface area contributed by atoms with Gasteiger partial charge in [-0.1, -0.05) is 32.4 Å². The summed E-state index contributed by atoms with van der Waals surface area (Å²) in [5.41, 5.74) is 0.816. The number of esters is 1. The molecular formula is C17H21N3O4. The summed E-state index contributed by atoms with van der Waals surface area (Å²) in [7, 11) is 1.28. The van der Waals surface area contributed by atoms with Crippen molar-refractivity contribution in [3.05, 3.63) is 40.8 Å². The van der Waals surface area contributed by atoms with Crippen LogP contribution < -0.4 is 10.9 Å². The third kappa shape index (κ3) is 3.79. The van der Waals surface area contributed by atoms with Crippen molar-refractivity contribution in [3.63, 3.8) is 0 Å². The van der Waals surface area contributed by atoms with E-state index in [-0.39, 0.29) is 18.0 Å². The Morgan fingerprint density at radius 1 is 1.33 bits per heavy atom. The van der Waals surface area contributed by atoms with Gasteiger partial charge < -0.3 is 10.1 Å². The zero-order valence-electron chi connectivity index (χ0n) is 14.0. The molecule has 0 unspecified atom stereocenters. The van der Waals surface area contributed by atoms with Crippen LogP contribution >= 0.6 is 0 Å². The number of para-hydroxylation sites is 2. The SMILES string of the molecule is CC[C@@H](C)[C@H](NC(=O)Cn1c(=O)cnc2ccccc21)C(=O)OC. The Hall–Kier alpha value is -2.70. The summed E-state index contributed by atoms with van der Waals surface area (Å²) in [6, 6.07) is 6.33. The van der Waals surface area contributed by atoms with Gasteiger partial charge >= 0.3 is 5.97 Å². The van der Waals surface area contributed by atoms with Crippen molar-refractivity contribution in [3.8, 4) is 0 Å². The van der Waals surface area contributed by atoms with Crippen LogP contribution in [0.3, 0.4) is 0 Å². The average molecular weight is 331 g/mol. The van der Waals surface area contributed by atoms with E-state index in [0.29, 0.717) is 17.5 Å². The summed E-state index contributed by atoms with van der Waals surface area (Å²) < 4.78 is 6.08. The molecule has 0 saturated heterocycles. The van der Waals surface area contributed by atoms with E-state index in [1.54, 1.807) is 24.3 Å². The molecule has 1 amide bonds. The van der Waals surface area contributed by atoms with E-state index in [4.69, 9.17) is 4.74 Å². The Labute approximate surface area is 139 Å². The summed E-state index contributed by atoms with van der Waals surface area (Å²) in [4.78, 5) is 40.3. The Kier molecular flexibility index (Phi) is 5.68. The van der Waals surface area contributed by atoms with Gasteiger partial charge in [0.2, 0.25) is 5.91 Å². The number of amides is 1. The number of aromatic nitrogens is 2. The smallest absolute Gasteiger partial charge is 0.328 e. The lowest BCUT2D eigenvalue weighted by Crippen LogP contribution is -2.47. The molecule has 128 valence electrons. The fourth-order valence-corrected chi connectivity index (χ4v) is 2.44. The number of methoxy groups -OCH3 is 1. The summed E-state index contributed by atoms with van der Waals surface area (Å²) in [5.74, 6) is -0.999. The first-order chi connectivity index (χ1) is 11.5. The van der Waals surface area contributed by atoms with Crippen molar-refractivity contribution >= 4 is 22.9 Å². The number of fused-ring (bicyclic) bond motifs is 1. The van der Waals surface area contributed by atoms with Crippen molar-refractivity contribution in [2.24, 2.45) is 5.92 Å². The third-order valence-electron chi connectivity index (χ3n) is 4.04. The van der Waals surface area contributed by atoms with Crippen LogP contribution in [0, 0.1) is 5.92 Å². The molecule has 0 radical (unpaired) electrons. The number of hydrogen-bond acceptors (Lipinski definition) is 5. The number of nitrogens with zero attached hydrogens (tertiary/aromatic N) is 2. The summed E-state index contributed by atoms with van der Waals surface area (Å²) in [6.45, 7) is 3.59. The zero-order valence-corrected chi connectivity index (χ0v) is 14.0. The molecule has 0 aliphatic carbocycles. The minimum atomic E-state index is -0.740. The average Bonchev–Trinajstić information content (AvgIpc) is 2.60. The van der Waals surface area contributed by atoms with E-state index in [0.717, 1.165) is 0 Å². The molecule has 24 heavy (non-hydrogen) atoms. The Morgan fingerprint density at radius 2 is 2.04 bits per heavy atom. The van der Waals surface area contributed by atoms with Gasteiger partial charge in [-0.15, -0.1) is 0 Å². The molecular weight excluding hydrogens is 310 g/mol. The maximum Gasteiger partial charge on any atom is 0.328 e. The Morgan fingerprint density at radius 3 is 2.71 bits per heavy atom.